The highest BCUT2D eigenvalue weighted by atomic mass is 35.5. The molecule has 46 heavy (non-hydrogen) atoms. The van der Waals surface area contributed by atoms with E-state index in [0.717, 1.165) is 26.9 Å². The van der Waals surface area contributed by atoms with Crippen molar-refractivity contribution >= 4 is 79.8 Å². The predicted molar refractivity (Wildman–Crippen MR) is 177 cm³/mol. The van der Waals surface area contributed by atoms with Gasteiger partial charge in [-0.2, -0.15) is 5.01 Å². The number of urea groups is 1. The van der Waals surface area contributed by atoms with E-state index in [2.05, 4.69) is 15.6 Å². The smallest absolute Gasteiger partial charge is 0.332 e. The first-order chi connectivity index (χ1) is 22.1. The molecule has 15 heteroatoms. The molecule has 3 heterocycles. The third-order valence-corrected chi connectivity index (χ3v) is 9.75. The zero-order valence-corrected chi connectivity index (χ0v) is 27.0. The topological polar surface area (TPSA) is 144 Å². The number of hydrogen-bond acceptors (Lipinski definition) is 8. The molecule has 2 saturated heterocycles. The van der Waals surface area contributed by atoms with Crippen molar-refractivity contribution in [1.82, 2.24) is 30.1 Å². The number of carbonyl (C=O) groups excluding carboxylic acids is 4. The highest BCUT2D eigenvalue weighted by Crippen LogP contribution is 2.32. The van der Waals surface area contributed by atoms with E-state index in [4.69, 9.17) is 28.9 Å². The van der Waals surface area contributed by atoms with Crippen LogP contribution in [0.25, 0.3) is 10.2 Å². The number of hydrogen-bond donors (Lipinski definition) is 3. The molecule has 0 bridgehead atoms. The van der Waals surface area contributed by atoms with E-state index in [0.29, 0.717) is 27.3 Å². The lowest BCUT2D eigenvalue weighted by Gasteiger charge is -2.45. The third kappa shape index (κ3) is 6.31. The van der Waals surface area contributed by atoms with Crippen molar-refractivity contribution in [3.63, 3.8) is 0 Å². The van der Waals surface area contributed by atoms with Gasteiger partial charge in [0.05, 0.1) is 33.4 Å². The second-order valence-corrected chi connectivity index (χ2v) is 12.9. The van der Waals surface area contributed by atoms with Gasteiger partial charge in [0, 0.05) is 32.2 Å². The van der Waals surface area contributed by atoms with Crippen molar-refractivity contribution < 1.29 is 19.2 Å². The van der Waals surface area contributed by atoms with Crippen LogP contribution in [0.1, 0.15) is 16.7 Å². The number of nitrogens with zero attached hydrogens (tertiary/aromatic N) is 5. The summed E-state index contributed by atoms with van der Waals surface area (Å²) in [5.74, 6) is -0.478. The number of thiazole rings is 1. The maximum atomic E-state index is 14.2. The molecule has 6 rings (SSSR count). The minimum absolute atomic E-state index is 0.0840. The van der Waals surface area contributed by atoms with Crippen LogP contribution in [0.4, 0.5) is 15.6 Å². The minimum Gasteiger partial charge on any atom is -0.375 e. The van der Waals surface area contributed by atoms with Crippen molar-refractivity contribution in [2.45, 2.75) is 31.7 Å². The Kier molecular flexibility index (Phi) is 9.00. The summed E-state index contributed by atoms with van der Waals surface area (Å²) in [6.45, 7) is 0.528. The number of para-hydroxylation sites is 1. The molecule has 1 aromatic heterocycles. The van der Waals surface area contributed by atoms with Crippen LogP contribution in [0.3, 0.4) is 0 Å². The van der Waals surface area contributed by atoms with Crippen molar-refractivity contribution in [1.29, 1.82) is 0 Å². The third-order valence-electron chi connectivity index (χ3n) is 8.16. The number of nitrogens with two attached hydrogens (primary N) is 1. The summed E-state index contributed by atoms with van der Waals surface area (Å²) in [6.07, 6.45) is 0.230. The Labute approximate surface area is 278 Å². The Balaban J connectivity index is 1.27. The van der Waals surface area contributed by atoms with E-state index in [-0.39, 0.29) is 44.4 Å². The normalized spacial score (nSPS) is 18.2. The summed E-state index contributed by atoms with van der Waals surface area (Å²) in [5.41, 5.74) is 9.74. The van der Waals surface area contributed by atoms with Crippen molar-refractivity contribution in [3.8, 4) is 0 Å². The summed E-state index contributed by atoms with van der Waals surface area (Å²) < 4.78 is 0.915. The summed E-state index contributed by atoms with van der Waals surface area (Å²) in [4.78, 5) is 59.7. The molecule has 2 fully saturated rings. The summed E-state index contributed by atoms with van der Waals surface area (Å²) in [5, 5.41) is 9.76. The zero-order valence-electron chi connectivity index (χ0n) is 24.7. The predicted octanol–water partition coefficient (Wildman–Crippen LogP) is 3.93. The first-order valence-electron chi connectivity index (χ1n) is 14.4. The molecule has 0 unspecified atom stereocenters. The molecular formula is C31H30Cl2N8O4S. The number of aromatic nitrogens is 1. The van der Waals surface area contributed by atoms with Crippen LogP contribution in [0.5, 0.6) is 0 Å². The average molecular weight is 682 g/mol. The highest BCUT2D eigenvalue weighted by Gasteiger charge is 2.51. The molecule has 0 radical (unpaired) electrons. The molecule has 0 spiro atoms. The van der Waals surface area contributed by atoms with Crippen LogP contribution >= 0.6 is 34.5 Å². The number of fused-ring (bicyclic) bond motifs is 2. The molecule has 2 aliphatic heterocycles. The standard InChI is InChI=1S/C31H30Cl2N8O4S/c1-38(31(45)35-13-19-7-10-22(32)23(33)11-19)40-16-27(43)41-24(12-18-5-8-21(9-6-18)36-17-42)29(44)39(15-26(40)41)14-20-3-2-4-25-28(20)37-30(34)46-25/h2-11,17,24,26H,12-16H2,1H3,(H2,34,37)(H,35,45)(H,36,42)/t24-,26+/m0/s1. The van der Waals surface area contributed by atoms with Gasteiger partial charge >= 0.3 is 6.03 Å². The van der Waals surface area contributed by atoms with Gasteiger partial charge in [-0.3, -0.25) is 19.4 Å². The first-order valence-corrected chi connectivity index (χ1v) is 15.9. The minimum atomic E-state index is -0.825. The first kappa shape index (κ1) is 31.5. The summed E-state index contributed by atoms with van der Waals surface area (Å²) in [6, 6.07) is 16.7. The van der Waals surface area contributed by atoms with E-state index in [1.165, 1.54) is 16.3 Å². The van der Waals surface area contributed by atoms with Gasteiger partial charge in [-0.05, 0) is 47.0 Å². The van der Waals surface area contributed by atoms with Crippen LogP contribution in [0.2, 0.25) is 10.0 Å². The molecule has 12 nitrogen and oxygen atoms in total. The SMILES string of the molecule is CN(C(=O)NCc1ccc(Cl)c(Cl)c1)N1CC(=O)N2[C@@H](Cc3ccc(NC=O)cc3)C(=O)N(Cc3cccc4sc(N)nc34)C[C@@H]21. The van der Waals surface area contributed by atoms with Gasteiger partial charge in [-0.15, -0.1) is 0 Å². The fourth-order valence-electron chi connectivity index (χ4n) is 5.89. The van der Waals surface area contributed by atoms with E-state index in [9.17, 15) is 19.2 Å². The average Bonchev–Trinajstić information content (AvgIpc) is 3.59. The van der Waals surface area contributed by atoms with Crippen molar-refractivity contribution in [3.05, 3.63) is 87.4 Å². The van der Waals surface area contributed by atoms with Crippen molar-refractivity contribution in [2.24, 2.45) is 0 Å². The molecule has 3 aromatic carbocycles. The lowest BCUT2D eigenvalue weighted by molar-refractivity contribution is -0.157. The fraction of sp³-hybridized carbons (Fsp3) is 0.258. The Hall–Kier alpha value is -4.43. The van der Waals surface area contributed by atoms with Crippen LogP contribution in [0.15, 0.2) is 60.7 Å². The second kappa shape index (κ2) is 13.1. The molecule has 0 aliphatic carbocycles. The molecule has 2 atom stereocenters. The van der Waals surface area contributed by atoms with Gasteiger partial charge in [0.2, 0.25) is 18.2 Å². The Morgan fingerprint density at radius 1 is 1.11 bits per heavy atom. The number of anilines is 2. The number of hydrazine groups is 1. The number of rotatable bonds is 9. The van der Waals surface area contributed by atoms with Gasteiger partial charge < -0.3 is 26.2 Å². The fourth-order valence-corrected chi connectivity index (χ4v) is 7.00. The van der Waals surface area contributed by atoms with Gasteiger partial charge in [0.1, 0.15) is 12.2 Å². The van der Waals surface area contributed by atoms with Crippen LogP contribution < -0.4 is 16.4 Å². The Morgan fingerprint density at radius 2 is 1.87 bits per heavy atom. The Morgan fingerprint density at radius 3 is 2.61 bits per heavy atom. The molecule has 238 valence electrons. The zero-order chi connectivity index (χ0) is 32.5. The highest BCUT2D eigenvalue weighted by molar-refractivity contribution is 7.22. The number of nitrogen functional groups attached to an aromatic ring is 1. The molecule has 2 aliphatic rings. The molecule has 4 aromatic rings. The van der Waals surface area contributed by atoms with E-state index in [1.54, 1.807) is 52.2 Å². The maximum absolute atomic E-state index is 14.2. The van der Waals surface area contributed by atoms with Crippen LogP contribution in [0, 0.1) is 0 Å². The van der Waals surface area contributed by atoms with E-state index in [1.807, 2.05) is 30.3 Å². The summed E-state index contributed by atoms with van der Waals surface area (Å²) >= 11 is 13.5. The van der Waals surface area contributed by atoms with E-state index >= 15 is 0 Å². The van der Waals surface area contributed by atoms with Gasteiger partial charge in [0.25, 0.3) is 0 Å². The van der Waals surface area contributed by atoms with E-state index < -0.39 is 18.2 Å². The Bertz CT molecular complexity index is 1820. The molecule has 0 saturated carbocycles. The lowest BCUT2D eigenvalue weighted by Crippen LogP contribution is -2.65. The number of benzene rings is 3. The molecular weight excluding hydrogens is 651 g/mol. The largest absolute Gasteiger partial charge is 0.375 e. The van der Waals surface area contributed by atoms with Crippen molar-refractivity contribution in [2.75, 3.05) is 31.2 Å². The van der Waals surface area contributed by atoms with Crippen LogP contribution in [-0.4, -0.2) is 81.4 Å². The monoisotopic (exact) mass is 680 g/mol. The second-order valence-electron chi connectivity index (χ2n) is 11.0. The van der Waals surface area contributed by atoms with Gasteiger partial charge in [-0.25, -0.2) is 9.78 Å². The molecule has 5 amide bonds. The quantitative estimate of drug-likeness (QED) is 0.227. The number of nitrogens with one attached hydrogen (secondary N) is 2. The summed E-state index contributed by atoms with van der Waals surface area (Å²) in [7, 11) is 1.59. The maximum Gasteiger partial charge on any atom is 0.332 e. The number of halogens is 2. The molecule has 4 N–H and O–H groups in total. The number of amides is 5. The van der Waals surface area contributed by atoms with Crippen LogP contribution in [-0.2, 0) is 33.9 Å². The lowest BCUT2D eigenvalue weighted by atomic mass is 9.99. The number of carbonyl (C=O) groups is 4. The van der Waals surface area contributed by atoms with Gasteiger partial charge in [0.15, 0.2) is 5.13 Å². The van der Waals surface area contributed by atoms with Gasteiger partial charge in [-0.1, -0.05) is 64.9 Å². The number of piperazine rings is 1.